The van der Waals surface area contributed by atoms with Gasteiger partial charge < -0.3 is 5.11 Å². The number of rotatable bonds is 0. The van der Waals surface area contributed by atoms with Crippen molar-refractivity contribution in [1.29, 1.82) is 0 Å². The Balaban J connectivity index is 1.73. The number of carbonyl (C=O) groups excluding carboxylic acids is 2. The largest absolute Gasteiger partial charge is 0.504 e. The van der Waals surface area contributed by atoms with Crippen molar-refractivity contribution in [2.45, 2.75) is 52.4 Å². The predicted molar refractivity (Wildman–Crippen MR) is 83.2 cm³/mol. The van der Waals surface area contributed by atoms with Crippen molar-refractivity contribution in [2.75, 3.05) is 0 Å². The van der Waals surface area contributed by atoms with Crippen LogP contribution < -0.4 is 0 Å². The number of carbonyl (C=O) groups is 2. The molecule has 3 heteroatoms. The molecule has 5 unspecified atom stereocenters. The Kier molecular flexibility index (Phi) is 2.80. The van der Waals surface area contributed by atoms with Gasteiger partial charge in [-0.1, -0.05) is 19.4 Å². The lowest BCUT2D eigenvalue weighted by molar-refractivity contribution is -0.118. The Bertz CT molecular complexity index is 629. The van der Waals surface area contributed by atoms with Crippen LogP contribution in [-0.2, 0) is 9.59 Å². The highest BCUT2D eigenvalue weighted by Gasteiger charge is 2.57. The fourth-order valence-electron chi connectivity index (χ4n) is 6.06. The van der Waals surface area contributed by atoms with Crippen LogP contribution in [-0.4, -0.2) is 16.7 Å². The second-order valence-corrected chi connectivity index (χ2v) is 8.37. The molecule has 4 aliphatic carbocycles. The molecular weight excluding hydrogens is 276 g/mol. The van der Waals surface area contributed by atoms with Gasteiger partial charge in [-0.2, -0.15) is 0 Å². The van der Waals surface area contributed by atoms with Crippen molar-refractivity contribution in [1.82, 2.24) is 0 Å². The molecule has 4 aliphatic rings. The van der Waals surface area contributed by atoms with Crippen molar-refractivity contribution in [2.24, 2.45) is 28.6 Å². The minimum Gasteiger partial charge on any atom is -0.504 e. The number of hydrogen-bond donors (Lipinski definition) is 1. The molecule has 0 heterocycles. The standard InChI is InChI=1S/C19H24O3/c1-18-6-5-14-13(15(18)8-12(20)9-18)4-3-11-7-16(21)17(22)10-19(11,14)2/h7,10,13-15,22H,3-6,8-9H2,1-2H3. The van der Waals surface area contributed by atoms with Crippen LogP contribution in [0.5, 0.6) is 0 Å². The van der Waals surface area contributed by atoms with E-state index in [1.54, 1.807) is 12.2 Å². The molecule has 4 rings (SSSR count). The lowest BCUT2D eigenvalue weighted by Crippen LogP contribution is -2.48. The van der Waals surface area contributed by atoms with Crippen LogP contribution in [0.1, 0.15) is 52.4 Å². The first kappa shape index (κ1) is 14.2. The maximum Gasteiger partial charge on any atom is 0.219 e. The van der Waals surface area contributed by atoms with E-state index in [0.717, 1.165) is 38.5 Å². The van der Waals surface area contributed by atoms with E-state index in [0.29, 0.717) is 23.5 Å². The fraction of sp³-hybridized carbons (Fsp3) is 0.684. The van der Waals surface area contributed by atoms with E-state index in [2.05, 4.69) is 13.8 Å². The molecule has 0 spiro atoms. The molecule has 3 fully saturated rings. The maximum absolute atomic E-state index is 12.0. The number of hydrogen-bond acceptors (Lipinski definition) is 3. The van der Waals surface area contributed by atoms with Gasteiger partial charge in [-0.3, -0.25) is 9.59 Å². The van der Waals surface area contributed by atoms with Gasteiger partial charge in [0.25, 0.3) is 0 Å². The molecule has 1 N–H and O–H groups in total. The van der Waals surface area contributed by atoms with Crippen LogP contribution in [0.15, 0.2) is 23.5 Å². The quantitative estimate of drug-likeness (QED) is 0.741. The number of ketones is 2. The first-order chi connectivity index (χ1) is 10.3. The SMILES string of the molecule is CC12CCC3C(CCC4=CC(=O)C(O)=CC43C)C1CC(=O)C2. The number of allylic oxidation sites excluding steroid dienone is 3. The Morgan fingerprint density at radius 1 is 1.18 bits per heavy atom. The first-order valence-electron chi connectivity index (χ1n) is 8.52. The van der Waals surface area contributed by atoms with Crippen LogP contribution in [0.3, 0.4) is 0 Å². The average molecular weight is 300 g/mol. The van der Waals surface area contributed by atoms with E-state index in [9.17, 15) is 14.7 Å². The van der Waals surface area contributed by atoms with Crippen LogP contribution in [0, 0.1) is 28.6 Å². The molecule has 0 aliphatic heterocycles. The second kappa shape index (κ2) is 4.33. The second-order valence-electron chi connectivity index (χ2n) is 8.37. The number of fused-ring (bicyclic) bond motifs is 5. The van der Waals surface area contributed by atoms with Gasteiger partial charge in [-0.25, -0.2) is 0 Å². The van der Waals surface area contributed by atoms with Gasteiger partial charge in [0.05, 0.1) is 0 Å². The van der Waals surface area contributed by atoms with Crippen molar-refractivity contribution in [3.05, 3.63) is 23.5 Å². The normalized spacial score (nSPS) is 47.3. The minimum absolute atomic E-state index is 0.0947. The van der Waals surface area contributed by atoms with Gasteiger partial charge in [-0.05, 0) is 61.0 Å². The maximum atomic E-state index is 12.0. The zero-order valence-corrected chi connectivity index (χ0v) is 13.4. The molecule has 0 aromatic heterocycles. The molecule has 0 aromatic rings. The Morgan fingerprint density at radius 2 is 1.95 bits per heavy atom. The van der Waals surface area contributed by atoms with Gasteiger partial charge in [0.2, 0.25) is 5.78 Å². The summed E-state index contributed by atoms with van der Waals surface area (Å²) in [6.07, 6.45) is 9.16. The van der Waals surface area contributed by atoms with E-state index in [4.69, 9.17) is 0 Å². The van der Waals surface area contributed by atoms with E-state index < -0.39 is 0 Å². The third-order valence-electron chi connectivity index (χ3n) is 7.21. The van der Waals surface area contributed by atoms with E-state index in [1.165, 1.54) is 5.57 Å². The van der Waals surface area contributed by atoms with Crippen molar-refractivity contribution >= 4 is 11.6 Å². The molecule has 118 valence electrons. The third-order valence-corrected chi connectivity index (χ3v) is 7.21. The number of aliphatic hydroxyl groups is 1. The number of aliphatic hydroxyl groups excluding tert-OH is 1. The smallest absolute Gasteiger partial charge is 0.219 e. The lowest BCUT2D eigenvalue weighted by atomic mass is 9.48. The molecule has 3 nitrogen and oxygen atoms in total. The molecule has 3 saturated carbocycles. The van der Waals surface area contributed by atoms with E-state index in [-0.39, 0.29) is 22.4 Å². The van der Waals surface area contributed by atoms with E-state index >= 15 is 0 Å². The molecule has 22 heavy (non-hydrogen) atoms. The Labute approximate surface area is 131 Å². The summed E-state index contributed by atoms with van der Waals surface area (Å²) in [6, 6.07) is 0. The highest BCUT2D eigenvalue weighted by molar-refractivity contribution is 6.04. The van der Waals surface area contributed by atoms with Crippen LogP contribution in [0.25, 0.3) is 0 Å². The van der Waals surface area contributed by atoms with Gasteiger partial charge in [-0.15, -0.1) is 0 Å². The van der Waals surface area contributed by atoms with Crippen LogP contribution in [0.4, 0.5) is 0 Å². The van der Waals surface area contributed by atoms with Crippen molar-refractivity contribution < 1.29 is 14.7 Å². The van der Waals surface area contributed by atoms with Crippen molar-refractivity contribution in [3.63, 3.8) is 0 Å². The monoisotopic (exact) mass is 300 g/mol. The molecule has 5 atom stereocenters. The molecule has 0 bridgehead atoms. The first-order valence-corrected chi connectivity index (χ1v) is 8.52. The van der Waals surface area contributed by atoms with Gasteiger partial charge in [0.1, 0.15) is 5.78 Å². The lowest BCUT2D eigenvalue weighted by Gasteiger charge is -2.55. The Hall–Kier alpha value is -1.38. The van der Waals surface area contributed by atoms with Crippen LogP contribution >= 0.6 is 0 Å². The van der Waals surface area contributed by atoms with E-state index in [1.807, 2.05) is 0 Å². The van der Waals surface area contributed by atoms with Gasteiger partial charge in [0, 0.05) is 18.3 Å². The van der Waals surface area contributed by atoms with Crippen LogP contribution in [0.2, 0.25) is 0 Å². The third kappa shape index (κ3) is 1.74. The topological polar surface area (TPSA) is 54.4 Å². The summed E-state index contributed by atoms with van der Waals surface area (Å²) in [5.74, 6) is 1.57. The predicted octanol–water partition coefficient (Wildman–Crippen LogP) is 3.75. The highest BCUT2D eigenvalue weighted by Crippen LogP contribution is 2.63. The highest BCUT2D eigenvalue weighted by atomic mass is 16.3. The summed E-state index contributed by atoms with van der Waals surface area (Å²) in [6.45, 7) is 4.47. The van der Waals surface area contributed by atoms with Gasteiger partial charge >= 0.3 is 0 Å². The van der Waals surface area contributed by atoms with Gasteiger partial charge in [0.15, 0.2) is 5.76 Å². The summed E-state index contributed by atoms with van der Waals surface area (Å²) in [7, 11) is 0. The zero-order valence-electron chi connectivity index (χ0n) is 13.4. The molecule has 0 saturated heterocycles. The number of Topliss-reactive ketones (excluding diaryl/α,β-unsaturated/α-hetero) is 1. The average Bonchev–Trinajstić information content (AvgIpc) is 2.75. The fourth-order valence-corrected chi connectivity index (χ4v) is 6.06. The summed E-state index contributed by atoms with van der Waals surface area (Å²) in [5.41, 5.74) is 1.17. The minimum atomic E-state index is -0.248. The van der Waals surface area contributed by atoms with Crippen molar-refractivity contribution in [3.8, 4) is 0 Å². The Morgan fingerprint density at radius 3 is 2.73 bits per heavy atom. The molecule has 0 amide bonds. The summed E-state index contributed by atoms with van der Waals surface area (Å²) in [5, 5.41) is 9.97. The summed E-state index contributed by atoms with van der Waals surface area (Å²) < 4.78 is 0. The molecular formula is C19H24O3. The molecule has 0 radical (unpaired) electrons. The summed E-state index contributed by atoms with van der Waals surface area (Å²) in [4.78, 5) is 23.8. The molecule has 0 aromatic carbocycles. The zero-order chi connectivity index (χ0) is 15.7. The summed E-state index contributed by atoms with van der Waals surface area (Å²) >= 11 is 0.